The van der Waals surface area contributed by atoms with Crippen molar-refractivity contribution in [1.29, 1.82) is 0 Å². The van der Waals surface area contributed by atoms with Gasteiger partial charge in [0, 0.05) is 11.7 Å². The van der Waals surface area contributed by atoms with Crippen LogP contribution >= 0.6 is 0 Å². The van der Waals surface area contributed by atoms with E-state index in [9.17, 15) is 0 Å². The average Bonchev–Trinajstić information content (AvgIpc) is 2.29. The maximum Gasteiger partial charge on any atom is 0.0362 e. The Labute approximate surface area is 97.0 Å². The number of para-hydroxylation sites is 1. The summed E-state index contributed by atoms with van der Waals surface area (Å²) in [7, 11) is 0. The maximum atomic E-state index is 6.04. The molecule has 2 heteroatoms. The van der Waals surface area contributed by atoms with Gasteiger partial charge in [-0.25, -0.2) is 0 Å². The Bertz CT molecular complexity index is 391. The number of hydrogen-bond acceptors (Lipinski definition) is 2. The number of nitrogens with two attached hydrogens (primary N) is 2. The van der Waals surface area contributed by atoms with Crippen molar-refractivity contribution in [1.82, 2.24) is 0 Å². The molecule has 1 unspecified atom stereocenters. The van der Waals surface area contributed by atoms with Gasteiger partial charge in [0.15, 0.2) is 0 Å². The molecule has 1 aromatic rings. The van der Waals surface area contributed by atoms with Gasteiger partial charge in [-0.3, -0.25) is 0 Å². The summed E-state index contributed by atoms with van der Waals surface area (Å²) < 4.78 is 0. The average molecular weight is 214 g/mol. The lowest BCUT2D eigenvalue weighted by molar-refractivity contribution is 0.743. The van der Waals surface area contributed by atoms with Crippen molar-refractivity contribution in [2.75, 3.05) is 5.73 Å². The van der Waals surface area contributed by atoms with Crippen molar-refractivity contribution < 1.29 is 0 Å². The van der Waals surface area contributed by atoms with Crippen LogP contribution in [0.3, 0.4) is 0 Å². The molecule has 0 aliphatic rings. The first-order chi connectivity index (χ1) is 7.75. The predicted molar refractivity (Wildman–Crippen MR) is 70.9 cm³/mol. The van der Waals surface area contributed by atoms with Crippen molar-refractivity contribution in [3.8, 4) is 0 Å². The van der Waals surface area contributed by atoms with Gasteiger partial charge in [0.05, 0.1) is 0 Å². The molecule has 0 spiro atoms. The number of allylic oxidation sites excluding steroid dienone is 4. The van der Waals surface area contributed by atoms with Crippen LogP contribution in [0.5, 0.6) is 0 Å². The van der Waals surface area contributed by atoms with Gasteiger partial charge in [0.2, 0.25) is 0 Å². The molecule has 0 aliphatic heterocycles. The normalized spacial score (nSPS) is 13.3. The van der Waals surface area contributed by atoms with Crippen LogP contribution in [-0.2, 0) is 0 Å². The summed E-state index contributed by atoms with van der Waals surface area (Å²) in [6.07, 6.45) is 10.3. The van der Waals surface area contributed by atoms with Crippen molar-refractivity contribution in [3.05, 3.63) is 66.8 Å². The zero-order chi connectivity index (χ0) is 11.8. The molecule has 2 nitrogen and oxygen atoms in total. The van der Waals surface area contributed by atoms with Gasteiger partial charge in [-0.2, -0.15) is 0 Å². The first-order valence-corrected chi connectivity index (χ1v) is 5.30. The van der Waals surface area contributed by atoms with E-state index in [-0.39, 0.29) is 6.04 Å². The summed E-state index contributed by atoms with van der Waals surface area (Å²) in [5.74, 6) is 0. The standard InChI is InChI=1S/C14H18N2/c1-2-3-4-5-6-10-13(15)12-9-7-8-11-14(12)16/h2-9,11,13H,1,10,15-16H2/b4-3-,6-5-. The van der Waals surface area contributed by atoms with E-state index in [1.54, 1.807) is 6.08 Å². The van der Waals surface area contributed by atoms with Crippen molar-refractivity contribution >= 4 is 5.69 Å². The topological polar surface area (TPSA) is 52.0 Å². The molecular formula is C14H18N2. The van der Waals surface area contributed by atoms with Gasteiger partial charge in [0.25, 0.3) is 0 Å². The van der Waals surface area contributed by atoms with Crippen LogP contribution in [0, 0.1) is 0 Å². The highest BCUT2D eigenvalue weighted by atomic mass is 14.7. The summed E-state index contributed by atoms with van der Waals surface area (Å²) in [5, 5.41) is 0. The third kappa shape index (κ3) is 3.75. The molecule has 0 heterocycles. The van der Waals surface area contributed by atoms with Crippen LogP contribution in [-0.4, -0.2) is 0 Å². The molecule has 0 radical (unpaired) electrons. The van der Waals surface area contributed by atoms with E-state index in [2.05, 4.69) is 6.58 Å². The van der Waals surface area contributed by atoms with Crippen molar-refractivity contribution in [2.45, 2.75) is 12.5 Å². The van der Waals surface area contributed by atoms with E-state index in [1.807, 2.05) is 48.6 Å². The molecule has 0 bridgehead atoms. The number of nitrogen functional groups attached to an aromatic ring is 1. The van der Waals surface area contributed by atoms with Gasteiger partial charge in [-0.1, -0.05) is 55.2 Å². The fraction of sp³-hybridized carbons (Fsp3) is 0.143. The first-order valence-electron chi connectivity index (χ1n) is 5.30. The summed E-state index contributed by atoms with van der Waals surface area (Å²) in [5.41, 5.74) is 13.6. The highest BCUT2D eigenvalue weighted by molar-refractivity contribution is 5.48. The quantitative estimate of drug-likeness (QED) is 0.585. The lowest BCUT2D eigenvalue weighted by atomic mass is 10.0. The number of hydrogen-bond donors (Lipinski definition) is 2. The lowest BCUT2D eigenvalue weighted by Gasteiger charge is -2.11. The third-order valence-electron chi connectivity index (χ3n) is 2.28. The number of benzene rings is 1. The molecule has 0 saturated heterocycles. The molecular weight excluding hydrogens is 196 g/mol. The van der Waals surface area contributed by atoms with Gasteiger partial charge in [-0.15, -0.1) is 0 Å². The Balaban J connectivity index is 2.56. The second-order valence-electron chi connectivity index (χ2n) is 3.52. The Morgan fingerprint density at radius 2 is 1.94 bits per heavy atom. The third-order valence-corrected chi connectivity index (χ3v) is 2.28. The van der Waals surface area contributed by atoms with Gasteiger partial charge in [0.1, 0.15) is 0 Å². The molecule has 0 aliphatic carbocycles. The highest BCUT2D eigenvalue weighted by Crippen LogP contribution is 2.20. The summed E-state index contributed by atoms with van der Waals surface area (Å²) in [6, 6.07) is 7.65. The minimum Gasteiger partial charge on any atom is -0.398 e. The second kappa shape index (κ2) is 6.64. The van der Waals surface area contributed by atoms with E-state index in [4.69, 9.17) is 11.5 Å². The summed E-state index contributed by atoms with van der Waals surface area (Å²) >= 11 is 0. The largest absolute Gasteiger partial charge is 0.398 e. The molecule has 0 fully saturated rings. The van der Waals surface area contributed by atoms with Crippen molar-refractivity contribution in [2.24, 2.45) is 5.73 Å². The molecule has 0 aromatic heterocycles. The Kier molecular flexibility index (Phi) is 5.09. The fourth-order valence-electron chi connectivity index (χ4n) is 1.42. The van der Waals surface area contributed by atoms with E-state index in [1.165, 1.54) is 0 Å². The van der Waals surface area contributed by atoms with Crippen LogP contribution in [0.1, 0.15) is 18.0 Å². The highest BCUT2D eigenvalue weighted by Gasteiger charge is 2.06. The monoisotopic (exact) mass is 214 g/mol. The van der Waals surface area contributed by atoms with E-state index < -0.39 is 0 Å². The Morgan fingerprint density at radius 3 is 2.62 bits per heavy atom. The smallest absolute Gasteiger partial charge is 0.0362 e. The second-order valence-corrected chi connectivity index (χ2v) is 3.52. The van der Waals surface area contributed by atoms with E-state index in [0.717, 1.165) is 17.7 Å². The van der Waals surface area contributed by atoms with Crippen molar-refractivity contribution in [3.63, 3.8) is 0 Å². The molecule has 84 valence electrons. The Morgan fingerprint density at radius 1 is 1.19 bits per heavy atom. The molecule has 1 aromatic carbocycles. The molecule has 0 amide bonds. The zero-order valence-corrected chi connectivity index (χ0v) is 9.34. The van der Waals surface area contributed by atoms with Gasteiger partial charge < -0.3 is 11.5 Å². The maximum absolute atomic E-state index is 6.04. The minimum absolute atomic E-state index is 0.0467. The van der Waals surface area contributed by atoms with E-state index >= 15 is 0 Å². The summed E-state index contributed by atoms with van der Waals surface area (Å²) in [6.45, 7) is 3.59. The zero-order valence-electron chi connectivity index (χ0n) is 9.34. The molecule has 0 saturated carbocycles. The summed E-state index contributed by atoms with van der Waals surface area (Å²) in [4.78, 5) is 0. The lowest BCUT2D eigenvalue weighted by Crippen LogP contribution is -2.11. The molecule has 4 N–H and O–H groups in total. The van der Waals surface area contributed by atoms with Crippen LogP contribution in [0.15, 0.2) is 61.2 Å². The van der Waals surface area contributed by atoms with Gasteiger partial charge in [-0.05, 0) is 18.1 Å². The van der Waals surface area contributed by atoms with Crippen LogP contribution in [0.25, 0.3) is 0 Å². The minimum atomic E-state index is -0.0467. The van der Waals surface area contributed by atoms with Crippen LogP contribution in [0.2, 0.25) is 0 Å². The van der Waals surface area contributed by atoms with Gasteiger partial charge >= 0.3 is 0 Å². The molecule has 1 atom stereocenters. The van der Waals surface area contributed by atoms with Crippen LogP contribution in [0.4, 0.5) is 5.69 Å². The van der Waals surface area contributed by atoms with Crippen LogP contribution < -0.4 is 11.5 Å². The fourth-order valence-corrected chi connectivity index (χ4v) is 1.42. The SMILES string of the molecule is C=C/C=C\C=C/CC(N)c1ccccc1N. The number of rotatable bonds is 5. The first kappa shape index (κ1) is 12.3. The molecule has 1 rings (SSSR count). The Hall–Kier alpha value is -1.80. The number of anilines is 1. The predicted octanol–water partition coefficient (Wildman–Crippen LogP) is 2.96. The molecule has 16 heavy (non-hydrogen) atoms. The van der Waals surface area contributed by atoms with E-state index in [0.29, 0.717) is 0 Å².